The quantitative estimate of drug-likeness (QED) is 0.613. The summed E-state index contributed by atoms with van der Waals surface area (Å²) in [5, 5.41) is 0.370. The molecule has 0 radical (unpaired) electrons. The van der Waals surface area contributed by atoms with E-state index in [1.165, 1.54) is 12.1 Å². The van der Waals surface area contributed by atoms with Crippen molar-refractivity contribution < 1.29 is 13.2 Å². The Morgan fingerprint density at radius 1 is 0.923 bits per heavy atom. The number of carbonyl (C=O) groups excluding carboxylic acids is 1. The van der Waals surface area contributed by atoms with Crippen molar-refractivity contribution in [1.29, 1.82) is 0 Å². The monoisotopic (exact) mass is 383 g/mol. The van der Waals surface area contributed by atoms with Gasteiger partial charge < -0.3 is 0 Å². The van der Waals surface area contributed by atoms with E-state index in [9.17, 15) is 13.2 Å². The minimum absolute atomic E-state index is 0.119. The van der Waals surface area contributed by atoms with Gasteiger partial charge in [-0.2, -0.15) is 4.31 Å². The Balaban J connectivity index is 2.00. The molecule has 0 atom stereocenters. The van der Waals surface area contributed by atoms with Crippen LogP contribution in [0.1, 0.15) is 15.9 Å². The van der Waals surface area contributed by atoms with Crippen molar-refractivity contribution in [3.05, 3.63) is 82.9 Å². The lowest BCUT2D eigenvalue weighted by Gasteiger charge is -2.30. The largest absolute Gasteiger partial charge is 0.272 e. The van der Waals surface area contributed by atoms with Gasteiger partial charge in [0.1, 0.15) is 0 Å². The maximum Gasteiger partial charge on any atom is 0.272 e. The minimum atomic E-state index is -4.03. The molecule has 1 heterocycles. The van der Waals surface area contributed by atoms with Gasteiger partial charge in [-0.15, -0.1) is 0 Å². The summed E-state index contributed by atoms with van der Waals surface area (Å²) in [5.74, 6) is -0.632. The fraction of sp³-hybridized carbons (Fsp3) is 0.0500. The SMILES string of the molecule is Cc1ccc2c(c1)-c1ccccc1S(=O)(=O)N2C(=O)c1cccc(Cl)c1. The van der Waals surface area contributed by atoms with E-state index in [2.05, 4.69) is 0 Å². The number of sulfonamides is 1. The summed E-state index contributed by atoms with van der Waals surface area (Å²) < 4.78 is 27.3. The summed E-state index contributed by atoms with van der Waals surface area (Å²) in [5.41, 5.74) is 2.85. The van der Waals surface area contributed by atoms with Crippen LogP contribution in [0, 0.1) is 6.92 Å². The number of halogens is 1. The Labute approximate surface area is 156 Å². The van der Waals surface area contributed by atoms with Crippen LogP contribution in [-0.2, 0) is 10.0 Å². The second kappa shape index (κ2) is 5.97. The molecular weight excluding hydrogens is 370 g/mol. The fourth-order valence-corrected chi connectivity index (χ4v) is 4.98. The van der Waals surface area contributed by atoms with Crippen LogP contribution in [0.2, 0.25) is 5.02 Å². The third-order valence-corrected chi connectivity index (χ3v) is 6.31. The maximum atomic E-state index is 13.2. The van der Waals surface area contributed by atoms with Crippen molar-refractivity contribution in [3.8, 4) is 11.1 Å². The van der Waals surface area contributed by atoms with Crippen molar-refractivity contribution in [2.75, 3.05) is 4.31 Å². The molecule has 0 aliphatic carbocycles. The molecule has 0 aromatic heterocycles. The van der Waals surface area contributed by atoms with Gasteiger partial charge in [-0.25, -0.2) is 8.42 Å². The Hall–Kier alpha value is -2.63. The van der Waals surface area contributed by atoms with E-state index in [1.54, 1.807) is 48.5 Å². The zero-order chi connectivity index (χ0) is 18.5. The molecule has 1 aliphatic heterocycles. The van der Waals surface area contributed by atoms with Crippen LogP contribution >= 0.6 is 11.6 Å². The molecule has 130 valence electrons. The van der Waals surface area contributed by atoms with E-state index in [0.717, 1.165) is 9.87 Å². The lowest BCUT2D eigenvalue weighted by Crippen LogP contribution is -2.39. The molecule has 0 saturated carbocycles. The molecule has 1 amide bonds. The first-order valence-electron chi connectivity index (χ1n) is 7.95. The number of fused-ring (bicyclic) bond motifs is 3. The Morgan fingerprint density at radius 3 is 2.46 bits per heavy atom. The number of amides is 1. The van der Waals surface area contributed by atoms with Crippen molar-refractivity contribution >= 4 is 33.2 Å². The minimum Gasteiger partial charge on any atom is -0.268 e. The van der Waals surface area contributed by atoms with E-state index >= 15 is 0 Å². The molecule has 4 nitrogen and oxygen atoms in total. The van der Waals surface area contributed by atoms with Gasteiger partial charge in [0, 0.05) is 21.7 Å². The molecule has 0 N–H and O–H groups in total. The summed E-state index contributed by atoms with van der Waals surface area (Å²) in [7, 11) is -4.03. The summed E-state index contributed by atoms with van der Waals surface area (Å²) in [6, 6.07) is 18.3. The van der Waals surface area contributed by atoms with Crippen LogP contribution in [0.15, 0.2) is 71.6 Å². The zero-order valence-corrected chi connectivity index (χ0v) is 15.4. The van der Waals surface area contributed by atoms with Crippen LogP contribution in [0.4, 0.5) is 5.69 Å². The van der Waals surface area contributed by atoms with Gasteiger partial charge in [0.2, 0.25) is 0 Å². The van der Waals surface area contributed by atoms with Gasteiger partial charge in [-0.3, -0.25) is 4.79 Å². The predicted molar refractivity (Wildman–Crippen MR) is 102 cm³/mol. The Bertz CT molecular complexity index is 1160. The molecule has 26 heavy (non-hydrogen) atoms. The first-order valence-corrected chi connectivity index (χ1v) is 9.77. The Kier molecular flexibility index (Phi) is 3.86. The van der Waals surface area contributed by atoms with Crippen molar-refractivity contribution in [3.63, 3.8) is 0 Å². The van der Waals surface area contributed by atoms with Crippen LogP contribution in [0.5, 0.6) is 0 Å². The number of aryl methyl sites for hydroxylation is 1. The number of anilines is 1. The number of rotatable bonds is 1. The summed E-state index contributed by atoms with van der Waals surface area (Å²) in [6.07, 6.45) is 0. The van der Waals surface area contributed by atoms with Gasteiger partial charge in [0.05, 0.1) is 10.6 Å². The van der Waals surface area contributed by atoms with Gasteiger partial charge >= 0.3 is 0 Å². The number of carbonyl (C=O) groups is 1. The molecule has 0 spiro atoms. The molecule has 4 rings (SSSR count). The molecule has 0 fully saturated rings. The third-order valence-electron chi connectivity index (χ3n) is 4.32. The van der Waals surface area contributed by atoms with Crippen LogP contribution in [-0.4, -0.2) is 14.3 Å². The summed E-state index contributed by atoms with van der Waals surface area (Å²) in [6.45, 7) is 1.93. The van der Waals surface area contributed by atoms with Crippen LogP contribution in [0.25, 0.3) is 11.1 Å². The van der Waals surface area contributed by atoms with Gasteiger partial charge in [-0.1, -0.05) is 47.5 Å². The van der Waals surface area contributed by atoms with Crippen LogP contribution < -0.4 is 4.31 Å². The molecular formula is C20H14ClNO3S. The van der Waals surface area contributed by atoms with E-state index in [0.29, 0.717) is 21.8 Å². The summed E-state index contributed by atoms with van der Waals surface area (Å²) >= 11 is 5.98. The predicted octanol–water partition coefficient (Wildman–Crippen LogP) is 4.66. The maximum absolute atomic E-state index is 13.2. The highest BCUT2D eigenvalue weighted by Crippen LogP contribution is 2.43. The molecule has 6 heteroatoms. The first kappa shape index (κ1) is 16.8. The Morgan fingerprint density at radius 2 is 1.69 bits per heavy atom. The lowest BCUT2D eigenvalue weighted by molar-refractivity contribution is 0.101. The molecule has 1 aliphatic rings. The molecule has 0 unspecified atom stereocenters. The molecule has 0 saturated heterocycles. The first-order chi connectivity index (χ1) is 12.4. The number of hydrogen-bond acceptors (Lipinski definition) is 3. The van der Waals surface area contributed by atoms with Gasteiger partial charge in [0.15, 0.2) is 0 Å². The average molecular weight is 384 g/mol. The summed E-state index contributed by atoms with van der Waals surface area (Å²) in [4.78, 5) is 13.2. The van der Waals surface area contributed by atoms with Crippen molar-refractivity contribution in [1.82, 2.24) is 0 Å². The van der Waals surface area contributed by atoms with E-state index < -0.39 is 15.9 Å². The van der Waals surface area contributed by atoms with Gasteiger partial charge in [0.25, 0.3) is 15.9 Å². The number of hydrogen-bond donors (Lipinski definition) is 0. The average Bonchev–Trinajstić information content (AvgIpc) is 2.62. The highest BCUT2D eigenvalue weighted by Gasteiger charge is 2.39. The topological polar surface area (TPSA) is 54.5 Å². The zero-order valence-electron chi connectivity index (χ0n) is 13.8. The molecule has 3 aromatic carbocycles. The highest BCUT2D eigenvalue weighted by atomic mass is 35.5. The van der Waals surface area contributed by atoms with Crippen molar-refractivity contribution in [2.45, 2.75) is 11.8 Å². The second-order valence-electron chi connectivity index (χ2n) is 6.10. The smallest absolute Gasteiger partial charge is 0.268 e. The van der Waals surface area contributed by atoms with Gasteiger partial charge in [-0.05, 0) is 43.3 Å². The van der Waals surface area contributed by atoms with Crippen LogP contribution in [0.3, 0.4) is 0 Å². The lowest BCUT2D eigenvalue weighted by atomic mass is 10.0. The number of nitrogens with zero attached hydrogens (tertiary/aromatic N) is 1. The van der Waals surface area contributed by atoms with E-state index in [1.807, 2.05) is 13.0 Å². The number of benzene rings is 3. The highest BCUT2D eigenvalue weighted by molar-refractivity contribution is 7.93. The third kappa shape index (κ3) is 2.52. The second-order valence-corrected chi connectivity index (χ2v) is 8.29. The van der Waals surface area contributed by atoms with E-state index in [-0.39, 0.29) is 10.5 Å². The standard InChI is InChI=1S/C20H14ClNO3S/c1-13-9-10-18-17(11-13)16-7-2-3-8-19(16)26(24,25)22(18)20(23)14-5-4-6-15(21)12-14/h2-12H,1H3. The van der Waals surface area contributed by atoms with E-state index in [4.69, 9.17) is 11.6 Å². The van der Waals surface area contributed by atoms with Crippen molar-refractivity contribution in [2.24, 2.45) is 0 Å². The normalized spacial score (nSPS) is 14.5. The molecule has 0 bridgehead atoms. The molecule has 3 aromatic rings. The fourth-order valence-electron chi connectivity index (χ4n) is 3.14.